The predicted octanol–water partition coefficient (Wildman–Crippen LogP) is 2.73. The van der Waals surface area contributed by atoms with Gasteiger partial charge < -0.3 is 10.1 Å². The molecular weight excluding hydrogens is 186 g/mol. The molecule has 0 radical (unpaired) electrons. The Balaban J connectivity index is 1.75. The van der Waals surface area contributed by atoms with E-state index in [-0.39, 0.29) is 0 Å². The molecule has 0 atom stereocenters. The maximum absolute atomic E-state index is 5.38. The van der Waals surface area contributed by atoms with Gasteiger partial charge in [-0.3, -0.25) is 0 Å². The van der Waals surface area contributed by atoms with Crippen LogP contribution in [0.2, 0.25) is 0 Å². The summed E-state index contributed by atoms with van der Waals surface area (Å²) >= 11 is 0. The summed E-state index contributed by atoms with van der Waals surface area (Å²) in [6.45, 7) is 5.51. The molecule has 1 heterocycles. The minimum absolute atomic E-state index is 0.637. The van der Waals surface area contributed by atoms with E-state index in [1.165, 1.54) is 51.5 Å². The summed E-state index contributed by atoms with van der Waals surface area (Å²) < 4.78 is 5.38. The third-order valence-electron chi connectivity index (χ3n) is 4.40. The second-order valence-electron chi connectivity index (χ2n) is 5.33. The Bertz CT molecular complexity index is 181. The van der Waals surface area contributed by atoms with Gasteiger partial charge in [0.2, 0.25) is 0 Å². The number of nitrogens with one attached hydrogen (secondary N) is 1. The second-order valence-corrected chi connectivity index (χ2v) is 5.33. The Morgan fingerprint density at radius 1 is 1.20 bits per heavy atom. The van der Waals surface area contributed by atoms with E-state index < -0.39 is 0 Å². The Morgan fingerprint density at radius 2 is 1.87 bits per heavy atom. The largest absolute Gasteiger partial charge is 0.381 e. The molecule has 0 aromatic carbocycles. The van der Waals surface area contributed by atoms with Gasteiger partial charge in [0.15, 0.2) is 0 Å². The highest BCUT2D eigenvalue weighted by atomic mass is 16.5. The quantitative estimate of drug-likeness (QED) is 0.772. The lowest BCUT2D eigenvalue weighted by atomic mass is 9.83. The summed E-state index contributed by atoms with van der Waals surface area (Å²) in [7, 11) is 0. The Morgan fingerprint density at radius 3 is 2.47 bits per heavy atom. The van der Waals surface area contributed by atoms with Crippen molar-refractivity contribution in [2.75, 3.05) is 19.8 Å². The van der Waals surface area contributed by atoms with Crippen molar-refractivity contribution in [1.82, 2.24) is 5.32 Å². The van der Waals surface area contributed by atoms with Crippen LogP contribution in [0.15, 0.2) is 0 Å². The van der Waals surface area contributed by atoms with Crippen LogP contribution in [-0.2, 0) is 4.74 Å². The van der Waals surface area contributed by atoms with Gasteiger partial charge in [0.05, 0.1) is 0 Å². The van der Waals surface area contributed by atoms with E-state index in [2.05, 4.69) is 12.2 Å². The lowest BCUT2D eigenvalue weighted by molar-refractivity contribution is 0.0738. The van der Waals surface area contributed by atoms with Crippen LogP contribution in [-0.4, -0.2) is 25.8 Å². The molecule has 0 amide bonds. The van der Waals surface area contributed by atoms with Crippen molar-refractivity contribution < 1.29 is 4.74 Å². The summed E-state index contributed by atoms with van der Waals surface area (Å²) in [6.07, 6.45) is 9.55. The molecule has 0 aromatic heterocycles. The minimum atomic E-state index is 0.637. The number of ether oxygens (including phenoxy) is 1. The molecule has 1 saturated heterocycles. The van der Waals surface area contributed by atoms with Crippen LogP contribution in [0.5, 0.6) is 0 Å². The van der Waals surface area contributed by atoms with Gasteiger partial charge in [0.1, 0.15) is 0 Å². The molecule has 2 heteroatoms. The van der Waals surface area contributed by atoms with Crippen LogP contribution < -0.4 is 5.32 Å². The maximum Gasteiger partial charge on any atom is 0.0480 e. The van der Waals surface area contributed by atoms with Crippen molar-refractivity contribution >= 4 is 0 Å². The fourth-order valence-corrected chi connectivity index (χ4v) is 3.04. The van der Waals surface area contributed by atoms with Crippen molar-refractivity contribution in [3.05, 3.63) is 0 Å². The predicted molar refractivity (Wildman–Crippen MR) is 63.0 cm³/mol. The van der Waals surface area contributed by atoms with Gasteiger partial charge in [-0.1, -0.05) is 19.8 Å². The molecule has 0 bridgehead atoms. The lowest BCUT2D eigenvalue weighted by Gasteiger charge is -2.32. The first kappa shape index (κ1) is 11.4. The number of rotatable bonds is 4. The normalized spacial score (nSPS) is 27.0. The monoisotopic (exact) mass is 211 g/mol. The molecule has 2 nitrogen and oxygen atoms in total. The van der Waals surface area contributed by atoms with E-state index in [0.717, 1.165) is 19.3 Å². The van der Waals surface area contributed by atoms with Crippen molar-refractivity contribution in [3.8, 4) is 0 Å². The van der Waals surface area contributed by atoms with Crippen LogP contribution in [0.3, 0.4) is 0 Å². The zero-order chi connectivity index (χ0) is 10.6. The van der Waals surface area contributed by atoms with E-state index in [9.17, 15) is 0 Å². The molecule has 0 unspecified atom stereocenters. The SMILES string of the molecule is CCC1(CNC2CCOCC2)CCCC1. The third-order valence-corrected chi connectivity index (χ3v) is 4.40. The van der Waals surface area contributed by atoms with E-state index in [0.29, 0.717) is 5.41 Å². The molecule has 2 rings (SSSR count). The summed E-state index contributed by atoms with van der Waals surface area (Å²) in [5.74, 6) is 0. The van der Waals surface area contributed by atoms with E-state index in [1.807, 2.05) is 0 Å². The van der Waals surface area contributed by atoms with Crippen LogP contribution in [0, 0.1) is 5.41 Å². The van der Waals surface area contributed by atoms with E-state index in [1.54, 1.807) is 0 Å². The average Bonchev–Trinajstić information content (AvgIpc) is 2.77. The molecular formula is C13H25NO. The van der Waals surface area contributed by atoms with Crippen molar-refractivity contribution in [3.63, 3.8) is 0 Å². The molecule has 88 valence electrons. The van der Waals surface area contributed by atoms with Crippen LogP contribution >= 0.6 is 0 Å². The molecule has 1 saturated carbocycles. The maximum atomic E-state index is 5.38. The lowest BCUT2D eigenvalue weighted by Crippen LogP contribution is -2.41. The van der Waals surface area contributed by atoms with Gasteiger partial charge in [-0.15, -0.1) is 0 Å². The Hall–Kier alpha value is -0.0800. The fraction of sp³-hybridized carbons (Fsp3) is 1.00. The van der Waals surface area contributed by atoms with Crippen LogP contribution in [0.25, 0.3) is 0 Å². The zero-order valence-corrected chi connectivity index (χ0v) is 10.1. The minimum Gasteiger partial charge on any atom is -0.381 e. The highest BCUT2D eigenvalue weighted by Gasteiger charge is 2.32. The van der Waals surface area contributed by atoms with Crippen LogP contribution in [0.4, 0.5) is 0 Å². The molecule has 1 N–H and O–H groups in total. The zero-order valence-electron chi connectivity index (χ0n) is 10.1. The average molecular weight is 211 g/mol. The molecule has 2 aliphatic rings. The summed E-state index contributed by atoms with van der Waals surface area (Å²) in [6, 6.07) is 0.725. The van der Waals surface area contributed by atoms with E-state index in [4.69, 9.17) is 4.74 Å². The smallest absolute Gasteiger partial charge is 0.0480 e. The van der Waals surface area contributed by atoms with Gasteiger partial charge in [-0.25, -0.2) is 0 Å². The van der Waals surface area contributed by atoms with Crippen molar-refractivity contribution in [1.29, 1.82) is 0 Å². The van der Waals surface area contributed by atoms with Gasteiger partial charge >= 0.3 is 0 Å². The first-order valence-corrected chi connectivity index (χ1v) is 6.66. The Labute approximate surface area is 93.8 Å². The molecule has 0 spiro atoms. The second kappa shape index (κ2) is 5.31. The first-order chi connectivity index (χ1) is 7.35. The van der Waals surface area contributed by atoms with Gasteiger partial charge in [0.25, 0.3) is 0 Å². The highest BCUT2D eigenvalue weighted by Crippen LogP contribution is 2.40. The van der Waals surface area contributed by atoms with Crippen molar-refractivity contribution in [2.45, 2.75) is 57.9 Å². The highest BCUT2D eigenvalue weighted by molar-refractivity contribution is 4.87. The standard InChI is InChI=1S/C13H25NO/c1-2-13(7-3-4-8-13)11-14-12-5-9-15-10-6-12/h12,14H,2-11H2,1H3. The summed E-state index contributed by atoms with van der Waals surface area (Å²) in [5.41, 5.74) is 0.637. The van der Waals surface area contributed by atoms with Crippen molar-refractivity contribution in [2.24, 2.45) is 5.41 Å². The molecule has 15 heavy (non-hydrogen) atoms. The van der Waals surface area contributed by atoms with Gasteiger partial charge in [-0.2, -0.15) is 0 Å². The van der Waals surface area contributed by atoms with Crippen LogP contribution in [0.1, 0.15) is 51.9 Å². The third kappa shape index (κ3) is 2.94. The molecule has 1 aliphatic carbocycles. The summed E-state index contributed by atoms with van der Waals surface area (Å²) in [4.78, 5) is 0. The summed E-state index contributed by atoms with van der Waals surface area (Å²) in [5, 5.41) is 3.78. The van der Waals surface area contributed by atoms with Gasteiger partial charge in [0, 0.05) is 25.8 Å². The number of hydrogen-bond donors (Lipinski definition) is 1. The van der Waals surface area contributed by atoms with Gasteiger partial charge in [-0.05, 0) is 37.5 Å². The number of hydrogen-bond acceptors (Lipinski definition) is 2. The topological polar surface area (TPSA) is 21.3 Å². The van der Waals surface area contributed by atoms with E-state index >= 15 is 0 Å². The molecule has 0 aromatic rings. The fourth-order valence-electron chi connectivity index (χ4n) is 3.04. The Kier molecular flexibility index (Phi) is 4.04. The molecule has 2 fully saturated rings. The molecule has 1 aliphatic heterocycles. The first-order valence-electron chi connectivity index (χ1n) is 6.66.